The summed E-state index contributed by atoms with van der Waals surface area (Å²) in [6.07, 6.45) is 1.62. The number of hydrogen-bond acceptors (Lipinski definition) is 4. The SMILES string of the molecule is COCCOCCN(C(=O)Nc1ccc(F)c(Cl)c1)[C@H](C)c1c[nH]c(=O)c2ccccc12. The molecule has 9 heteroatoms. The predicted octanol–water partition coefficient (Wildman–Crippen LogP) is 4.58. The zero-order chi connectivity index (χ0) is 23.1. The number of aromatic nitrogens is 1. The zero-order valence-electron chi connectivity index (χ0n) is 17.9. The maximum Gasteiger partial charge on any atom is 0.322 e. The highest BCUT2D eigenvalue weighted by atomic mass is 35.5. The Morgan fingerprint density at radius 3 is 2.66 bits per heavy atom. The minimum atomic E-state index is -0.568. The summed E-state index contributed by atoms with van der Waals surface area (Å²) < 4.78 is 24.0. The molecule has 7 nitrogen and oxygen atoms in total. The Labute approximate surface area is 190 Å². The molecule has 170 valence electrons. The number of rotatable bonds is 9. The van der Waals surface area contributed by atoms with Crippen LogP contribution in [0, 0.1) is 5.82 Å². The lowest BCUT2D eigenvalue weighted by Gasteiger charge is -2.30. The van der Waals surface area contributed by atoms with E-state index in [4.69, 9.17) is 21.1 Å². The average molecular weight is 462 g/mol. The number of anilines is 1. The number of carbonyl (C=O) groups excluding carboxylic acids is 1. The minimum absolute atomic E-state index is 0.0862. The summed E-state index contributed by atoms with van der Waals surface area (Å²) >= 11 is 5.84. The summed E-state index contributed by atoms with van der Waals surface area (Å²) in [4.78, 5) is 29.7. The number of pyridine rings is 1. The van der Waals surface area contributed by atoms with E-state index in [2.05, 4.69) is 10.3 Å². The van der Waals surface area contributed by atoms with Crippen LogP contribution in [0.1, 0.15) is 18.5 Å². The molecular formula is C23H25ClFN3O4. The highest BCUT2D eigenvalue weighted by molar-refractivity contribution is 6.31. The van der Waals surface area contributed by atoms with Gasteiger partial charge in [0.1, 0.15) is 5.82 Å². The second-order valence-corrected chi connectivity index (χ2v) is 7.56. The summed E-state index contributed by atoms with van der Waals surface area (Å²) in [7, 11) is 1.58. The Bertz CT molecular complexity index is 1140. The third-order valence-electron chi connectivity index (χ3n) is 5.10. The van der Waals surface area contributed by atoms with Crippen LogP contribution in [0.15, 0.2) is 53.5 Å². The van der Waals surface area contributed by atoms with Gasteiger partial charge in [0, 0.05) is 30.9 Å². The third kappa shape index (κ3) is 5.64. The molecule has 0 saturated heterocycles. The van der Waals surface area contributed by atoms with E-state index in [1.54, 1.807) is 30.3 Å². The fourth-order valence-corrected chi connectivity index (χ4v) is 3.57. The molecule has 0 aliphatic carbocycles. The van der Waals surface area contributed by atoms with E-state index in [1.165, 1.54) is 18.2 Å². The van der Waals surface area contributed by atoms with Crippen LogP contribution in [-0.2, 0) is 9.47 Å². The maximum atomic E-state index is 13.5. The number of ether oxygens (including phenoxy) is 2. The summed E-state index contributed by atoms with van der Waals surface area (Å²) in [6, 6.07) is 10.4. The molecular weight excluding hydrogens is 437 g/mol. The van der Waals surface area contributed by atoms with Crippen LogP contribution in [0.4, 0.5) is 14.9 Å². The van der Waals surface area contributed by atoms with Crippen molar-refractivity contribution in [2.45, 2.75) is 13.0 Å². The van der Waals surface area contributed by atoms with Crippen molar-refractivity contribution in [1.82, 2.24) is 9.88 Å². The Morgan fingerprint density at radius 1 is 1.19 bits per heavy atom. The zero-order valence-corrected chi connectivity index (χ0v) is 18.6. The fraction of sp³-hybridized carbons (Fsp3) is 0.304. The van der Waals surface area contributed by atoms with Gasteiger partial charge in [0.05, 0.1) is 30.9 Å². The standard InChI is InChI=1S/C23H25ClFN3O4/c1-15(19-14-26-22(29)18-6-4-3-5-17(18)19)28(9-10-32-12-11-31-2)23(30)27-16-7-8-21(25)20(24)13-16/h3-8,13-15H,9-12H2,1-2H3,(H,26,29)(H,27,30)/t15-/m1/s1. The molecule has 0 radical (unpaired) electrons. The van der Waals surface area contributed by atoms with E-state index in [9.17, 15) is 14.0 Å². The molecule has 1 aromatic heterocycles. The first kappa shape index (κ1) is 23.7. The van der Waals surface area contributed by atoms with E-state index in [1.807, 2.05) is 19.1 Å². The molecule has 1 heterocycles. The number of methoxy groups -OCH3 is 1. The van der Waals surface area contributed by atoms with Gasteiger partial charge in [-0.1, -0.05) is 29.8 Å². The van der Waals surface area contributed by atoms with Crippen molar-refractivity contribution in [3.8, 4) is 0 Å². The van der Waals surface area contributed by atoms with Gasteiger partial charge in [-0.05, 0) is 42.1 Å². The Kier molecular flexibility index (Phi) is 8.21. The third-order valence-corrected chi connectivity index (χ3v) is 5.39. The van der Waals surface area contributed by atoms with Crippen molar-refractivity contribution in [2.75, 3.05) is 38.8 Å². The number of carbonyl (C=O) groups is 1. The number of amides is 2. The molecule has 3 rings (SSSR count). The number of hydrogen-bond donors (Lipinski definition) is 2. The molecule has 0 spiro atoms. The van der Waals surface area contributed by atoms with Gasteiger partial charge in [-0.2, -0.15) is 0 Å². The average Bonchev–Trinajstić information content (AvgIpc) is 2.79. The highest BCUT2D eigenvalue weighted by Gasteiger charge is 2.24. The lowest BCUT2D eigenvalue weighted by Crippen LogP contribution is -2.39. The molecule has 2 N–H and O–H groups in total. The monoisotopic (exact) mass is 461 g/mol. The summed E-state index contributed by atoms with van der Waals surface area (Å²) in [5, 5.41) is 3.97. The van der Waals surface area contributed by atoms with E-state index >= 15 is 0 Å². The fourth-order valence-electron chi connectivity index (χ4n) is 3.39. The Balaban J connectivity index is 1.87. The van der Waals surface area contributed by atoms with Gasteiger partial charge in [0.25, 0.3) is 5.56 Å². The van der Waals surface area contributed by atoms with Crippen molar-refractivity contribution in [1.29, 1.82) is 0 Å². The topological polar surface area (TPSA) is 83.7 Å². The maximum absolute atomic E-state index is 13.5. The van der Waals surface area contributed by atoms with Gasteiger partial charge in [-0.25, -0.2) is 9.18 Å². The van der Waals surface area contributed by atoms with Gasteiger partial charge in [-0.15, -0.1) is 0 Å². The minimum Gasteiger partial charge on any atom is -0.382 e. The Hall–Kier alpha value is -2.94. The van der Waals surface area contributed by atoms with Gasteiger partial charge in [0.15, 0.2) is 0 Å². The molecule has 0 fully saturated rings. The van der Waals surface area contributed by atoms with Crippen molar-refractivity contribution in [2.24, 2.45) is 0 Å². The summed E-state index contributed by atoms with van der Waals surface area (Å²) in [5.41, 5.74) is 0.950. The van der Waals surface area contributed by atoms with Gasteiger partial charge in [-0.3, -0.25) is 4.79 Å². The lowest BCUT2D eigenvalue weighted by molar-refractivity contribution is 0.0581. The van der Waals surface area contributed by atoms with Crippen molar-refractivity contribution < 1.29 is 18.7 Å². The van der Waals surface area contributed by atoms with Crippen LogP contribution in [0.5, 0.6) is 0 Å². The quantitative estimate of drug-likeness (QED) is 0.457. The second-order valence-electron chi connectivity index (χ2n) is 7.15. The smallest absolute Gasteiger partial charge is 0.322 e. The molecule has 0 bridgehead atoms. The van der Waals surface area contributed by atoms with E-state index in [0.29, 0.717) is 24.3 Å². The molecule has 2 aromatic carbocycles. The first-order valence-electron chi connectivity index (χ1n) is 10.1. The lowest BCUT2D eigenvalue weighted by atomic mass is 10.0. The van der Waals surface area contributed by atoms with Crippen LogP contribution in [0.2, 0.25) is 5.02 Å². The first-order chi connectivity index (χ1) is 15.4. The predicted molar refractivity (Wildman–Crippen MR) is 123 cm³/mol. The summed E-state index contributed by atoms with van der Waals surface area (Å²) in [6.45, 7) is 3.27. The van der Waals surface area contributed by atoms with Crippen molar-refractivity contribution >= 4 is 34.1 Å². The molecule has 2 amide bonds. The number of fused-ring (bicyclic) bond motifs is 1. The molecule has 32 heavy (non-hydrogen) atoms. The number of nitrogens with zero attached hydrogens (tertiary/aromatic N) is 1. The molecule has 0 saturated carbocycles. The molecule has 3 aromatic rings. The first-order valence-corrected chi connectivity index (χ1v) is 10.5. The van der Waals surface area contributed by atoms with Gasteiger partial charge >= 0.3 is 6.03 Å². The number of halogens is 2. The Morgan fingerprint density at radius 2 is 1.94 bits per heavy atom. The number of nitrogens with one attached hydrogen (secondary N) is 2. The van der Waals surface area contributed by atoms with E-state index < -0.39 is 17.9 Å². The number of benzene rings is 2. The summed E-state index contributed by atoms with van der Waals surface area (Å²) in [5.74, 6) is -0.568. The molecule has 0 aliphatic rings. The van der Waals surface area contributed by atoms with Crippen molar-refractivity contribution in [3.63, 3.8) is 0 Å². The van der Waals surface area contributed by atoms with Crippen LogP contribution >= 0.6 is 11.6 Å². The normalized spacial score (nSPS) is 12.0. The van der Waals surface area contributed by atoms with Gasteiger partial charge in [0.2, 0.25) is 0 Å². The van der Waals surface area contributed by atoms with Crippen molar-refractivity contribution in [3.05, 3.63) is 75.4 Å². The van der Waals surface area contributed by atoms with Crippen LogP contribution in [0.3, 0.4) is 0 Å². The molecule has 0 aliphatic heterocycles. The number of urea groups is 1. The van der Waals surface area contributed by atoms with Crippen LogP contribution < -0.4 is 10.9 Å². The second kappa shape index (κ2) is 11.1. The molecule has 1 atom stereocenters. The van der Waals surface area contributed by atoms with E-state index in [0.717, 1.165) is 10.9 Å². The highest BCUT2D eigenvalue weighted by Crippen LogP contribution is 2.27. The molecule has 0 unspecified atom stereocenters. The number of H-pyrrole nitrogens is 1. The van der Waals surface area contributed by atoms with Crippen LogP contribution in [0.25, 0.3) is 10.8 Å². The van der Waals surface area contributed by atoms with Gasteiger partial charge < -0.3 is 24.7 Å². The van der Waals surface area contributed by atoms with Crippen LogP contribution in [-0.4, -0.2) is 49.4 Å². The largest absolute Gasteiger partial charge is 0.382 e. The van der Waals surface area contributed by atoms with E-state index in [-0.39, 0.29) is 23.7 Å². The number of aromatic amines is 1.